The molecule has 290 valence electrons. The zero-order chi connectivity index (χ0) is 41.1. The molecule has 1 spiro atoms. The molecule has 1 aromatic heterocycles. The lowest BCUT2D eigenvalue weighted by Gasteiger charge is -2.47. The Morgan fingerprint density at radius 3 is 1.39 bits per heavy atom. The van der Waals surface area contributed by atoms with Gasteiger partial charge < -0.3 is 0 Å². The highest BCUT2D eigenvalue weighted by Gasteiger charge is 2.54. The molecule has 0 atom stereocenters. The van der Waals surface area contributed by atoms with Crippen LogP contribution in [0.2, 0.25) is 0 Å². The van der Waals surface area contributed by atoms with Gasteiger partial charge in [0, 0.05) is 27.5 Å². The van der Waals surface area contributed by atoms with Gasteiger partial charge in [0.05, 0.1) is 5.41 Å². The first kappa shape index (κ1) is 35.7. The van der Waals surface area contributed by atoms with Crippen LogP contribution in [0.25, 0.3) is 67.5 Å². The van der Waals surface area contributed by atoms with Crippen LogP contribution in [0.1, 0.15) is 72.2 Å². The van der Waals surface area contributed by atoms with E-state index in [1.54, 1.807) is 0 Å². The lowest BCUT2D eigenvalue weighted by molar-refractivity contribution is 0.564. The molecular formula is C58H43N3. The fraction of sp³-hybridized carbons (Fsp3) is 0.121. The first-order valence-corrected chi connectivity index (χ1v) is 21.4. The molecule has 61 heavy (non-hydrogen) atoms. The molecule has 0 unspecified atom stereocenters. The minimum absolute atomic E-state index is 0.154. The summed E-state index contributed by atoms with van der Waals surface area (Å²) in [5.74, 6) is 1.96. The van der Waals surface area contributed by atoms with Crippen LogP contribution in [0.15, 0.2) is 188 Å². The summed E-state index contributed by atoms with van der Waals surface area (Å²) in [7, 11) is 0. The fourth-order valence-corrected chi connectivity index (χ4v) is 11.2. The van der Waals surface area contributed by atoms with Gasteiger partial charge >= 0.3 is 0 Å². The van der Waals surface area contributed by atoms with Crippen LogP contribution in [0, 0.1) is 0 Å². The largest absolute Gasteiger partial charge is 0.208 e. The second-order valence-electron chi connectivity index (χ2n) is 17.9. The molecule has 9 aromatic rings. The number of hydrogen-bond donors (Lipinski definition) is 0. The normalized spacial score (nSPS) is 15.3. The van der Waals surface area contributed by atoms with Gasteiger partial charge in [-0.3, -0.25) is 0 Å². The number of benzene rings is 8. The zero-order valence-electron chi connectivity index (χ0n) is 34.7. The second kappa shape index (κ2) is 12.9. The molecule has 0 saturated heterocycles. The summed E-state index contributed by atoms with van der Waals surface area (Å²) in [6.45, 7) is 9.42. The number of nitrogens with zero attached hydrogens (tertiary/aromatic N) is 3. The van der Waals surface area contributed by atoms with Crippen LogP contribution in [0.4, 0.5) is 0 Å². The molecule has 0 aliphatic heterocycles. The van der Waals surface area contributed by atoms with Crippen molar-refractivity contribution in [3.8, 4) is 67.5 Å². The average Bonchev–Trinajstić information content (AvgIpc) is 3.73. The highest BCUT2D eigenvalue weighted by Crippen LogP contribution is 2.64. The molecule has 0 fully saturated rings. The molecule has 0 bridgehead atoms. The van der Waals surface area contributed by atoms with Crippen LogP contribution in [-0.4, -0.2) is 15.0 Å². The Labute approximate surface area is 357 Å². The summed E-state index contributed by atoms with van der Waals surface area (Å²) in [5, 5.41) is 0. The Balaban J connectivity index is 1.12. The van der Waals surface area contributed by atoms with Gasteiger partial charge in [-0.15, -0.1) is 0 Å². The molecular weight excluding hydrogens is 739 g/mol. The SMILES string of the molecule is CC1(C)c2ccccc2-c2ccc(-c3nc(-c4ccccc4)nc(-c4ccccc4-c4cccc5c4C4(c6ccccc6-c6ccccc64)c4ccccc4C5(C)C)n3)cc21. The zero-order valence-corrected chi connectivity index (χ0v) is 34.7. The van der Waals surface area contributed by atoms with Crippen molar-refractivity contribution in [3.63, 3.8) is 0 Å². The molecule has 8 aromatic carbocycles. The maximum absolute atomic E-state index is 5.42. The van der Waals surface area contributed by atoms with Crippen LogP contribution < -0.4 is 0 Å². The van der Waals surface area contributed by atoms with Crippen molar-refractivity contribution < 1.29 is 0 Å². The van der Waals surface area contributed by atoms with Gasteiger partial charge in [-0.05, 0) is 84.0 Å². The lowest BCUT2D eigenvalue weighted by atomic mass is 9.54. The molecule has 1 heterocycles. The van der Waals surface area contributed by atoms with E-state index in [9.17, 15) is 0 Å². The van der Waals surface area contributed by atoms with E-state index in [1.807, 2.05) is 18.2 Å². The maximum atomic E-state index is 5.42. The van der Waals surface area contributed by atoms with Crippen molar-refractivity contribution in [1.29, 1.82) is 0 Å². The van der Waals surface area contributed by atoms with E-state index in [4.69, 9.17) is 15.0 Å². The van der Waals surface area contributed by atoms with Gasteiger partial charge in [-0.25, -0.2) is 15.0 Å². The van der Waals surface area contributed by atoms with Crippen molar-refractivity contribution in [2.45, 2.75) is 43.9 Å². The van der Waals surface area contributed by atoms with E-state index < -0.39 is 5.41 Å². The van der Waals surface area contributed by atoms with Crippen molar-refractivity contribution in [2.75, 3.05) is 0 Å². The van der Waals surface area contributed by atoms with E-state index in [-0.39, 0.29) is 10.8 Å². The molecule has 12 rings (SSSR count). The molecule has 3 aliphatic rings. The summed E-state index contributed by atoms with van der Waals surface area (Å²) in [6, 6.07) is 68.7. The highest BCUT2D eigenvalue weighted by atomic mass is 15.0. The van der Waals surface area contributed by atoms with Gasteiger partial charge in [-0.1, -0.05) is 210 Å². The highest BCUT2D eigenvalue weighted by molar-refractivity contribution is 5.94. The summed E-state index contributed by atoms with van der Waals surface area (Å²) in [5.41, 5.74) is 20.0. The lowest BCUT2D eigenvalue weighted by Crippen LogP contribution is -2.41. The summed E-state index contributed by atoms with van der Waals surface area (Å²) < 4.78 is 0. The second-order valence-corrected chi connectivity index (χ2v) is 17.9. The van der Waals surface area contributed by atoms with E-state index in [1.165, 1.54) is 72.3 Å². The average molecular weight is 782 g/mol. The Kier molecular flexibility index (Phi) is 7.54. The molecule has 3 heteroatoms. The van der Waals surface area contributed by atoms with E-state index in [0.29, 0.717) is 17.5 Å². The smallest absolute Gasteiger partial charge is 0.164 e. The van der Waals surface area contributed by atoms with E-state index in [0.717, 1.165) is 22.3 Å². The number of rotatable bonds is 4. The van der Waals surface area contributed by atoms with Gasteiger partial charge in [0.25, 0.3) is 0 Å². The van der Waals surface area contributed by atoms with Crippen LogP contribution >= 0.6 is 0 Å². The fourth-order valence-electron chi connectivity index (χ4n) is 11.2. The topological polar surface area (TPSA) is 38.7 Å². The van der Waals surface area contributed by atoms with Gasteiger partial charge in [0.15, 0.2) is 17.5 Å². The summed E-state index contributed by atoms with van der Waals surface area (Å²) in [4.78, 5) is 16.0. The minimum Gasteiger partial charge on any atom is -0.208 e. The maximum Gasteiger partial charge on any atom is 0.164 e. The van der Waals surface area contributed by atoms with Crippen LogP contribution in [0.5, 0.6) is 0 Å². The first-order chi connectivity index (χ1) is 29.8. The van der Waals surface area contributed by atoms with E-state index in [2.05, 4.69) is 198 Å². The quantitative estimate of drug-likeness (QED) is 0.178. The molecule has 0 N–H and O–H groups in total. The molecule has 0 amide bonds. The number of hydrogen-bond acceptors (Lipinski definition) is 3. The Bertz CT molecular complexity index is 3220. The Hall–Kier alpha value is -7.23. The number of aromatic nitrogens is 3. The van der Waals surface area contributed by atoms with E-state index >= 15 is 0 Å². The predicted molar refractivity (Wildman–Crippen MR) is 249 cm³/mol. The Morgan fingerprint density at radius 2 is 0.721 bits per heavy atom. The van der Waals surface area contributed by atoms with Gasteiger partial charge in [0.2, 0.25) is 0 Å². The van der Waals surface area contributed by atoms with Crippen molar-refractivity contribution >= 4 is 0 Å². The summed E-state index contributed by atoms with van der Waals surface area (Å²) >= 11 is 0. The standard InChI is InChI=1S/C58H43N3/c1-56(2)45-27-13-10-22-39(45)42-34-33-37(35-51(42)56)54-59-53(36-19-6-5-7-20-36)60-55(61-54)44-25-9-8-21-38(44)43-26-18-32-50-52(43)58(49-31-17-16-30-48(49)57(50,3)4)46-28-14-11-23-40(46)41-24-12-15-29-47(41)58/h5-35H,1-4H3. The van der Waals surface area contributed by atoms with Gasteiger partial charge in [0.1, 0.15) is 0 Å². The molecule has 0 radical (unpaired) electrons. The molecule has 3 nitrogen and oxygen atoms in total. The third kappa shape index (κ3) is 4.89. The van der Waals surface area contributed by atoms with Gasteiger partial charge in [-0.2, -0.15) is 0 Å². The Morgan fingerprint density at radius 1 is 0.279 bits per heavy atom. The number of fused-ring (bicyclic) bond motifs is 12. The molecule has 0 saturated carbocycles. The summed E-state index contributed by atoms with van der Waals surface area (Å²) in [6.07, 6.45) is 0. The third-order valence-corrected chi connectivity index (χ3v) is 14.0. The predicted octanol–water partition coefficient (Wildman–Crippen LogP) is 13.8. The molecule has 3 aliphatic carbocycles. The van der Waals surface area contributed by atoms with Crippen molar-refractivity contribution in [3.05, 3.63) is 233 Å². The van der Waals surface area contributed by atoms with Crippen LogP contribution in [-0.2, 0) is 16.2 Å². The van der Waals surface area contributed by atoms with Crippen molar-refractivity contribution in [2.24, 2.45) is 0 Å². The third-order valence-electron chi connectivity index (χ3n) is 14.0. The minimum atomic E-state index is -0.549. The van der Waals surface area contributed by atoms with Crippen molar-refractivity contribution in [1.82, 2.24) is 15.0 Å². The first-order valence-electron chi connectivity index (χ1n) is 21.4. The van der Waals surface area contributed by atoms with Crippen LogP contribution in [0.3, 0.4) is 0 Å². The monoisotopic (exact) mass is 781 g/mol.